The lowest BCUT2D eigenvalue weighted by Gasteiger charge is -2.03. The number of hydrogen-bond acceptors (Lipinski definition) is 6. The van der Waals surface area contributed by atoms with Crippen molar-refractivity contribution in [2.45, 2.75) is 0 Å². The SMILES string of the molecule is Cn1cnc2c(-c3csc(N)n3)nccc2c1=O. The largest absolute Gasteiger partial charge is 0.375 e. The van der Waals surface area contributed by atoms with Crippen molar-refractivity contribution in [3.63, 3.8) is 0 Å². The highest BCUT2D eigenvalue weighted by Gasteiger charge is 2.12. The number of anilines is 1. The third-order valence-electron chi connectivity index (χ3n) is 2.60. The molecule has 0 bridgehead atoms. The fourth-order valence-corrected chi connectivity index (χ4v) is 2.28. The summed E-state index contributed by atoms with van der Waals surface area (Å²) in [4.78, 5) is 24.6. The van der Waals surface area contributed by atoms with Crippen LogP contribution in [0, 0.1) is 0 Å². The van der Waals surface area contributed by atoms with Crippen molar-refractivity contribution in [2.75, 3.05) is 5.73 Å². The first kappa shape index (κ1) is 10.8. The zero-order chi connectivity index (χ0) is 12.7. The molecule has 0 aliphatic heterocycles. The number of nitrogens with two attached hydrogens (primary N) is 1. The van der Waals surface area contributed by atoms with Crippen LogP contribution in [0.15, 0.2) is 28.8 Å². The smallest absolute Gasteiger partial charge is 0.261 e. The van der Waals surface area contributed by atoms with Crippen molar-refractivity contribution in [3.05, 3.63) is 34.3 Å². The average Bonchev–Trinajstić information content (AvgIpc) is 2.80. The second kappa shape index (κ2) is 3.88. The summed E-state index contributed by atoms with van der Waals surface area (Å²) < 4.78 is 1.43. The maximum atomic E-state index is 12.0. The number of nitrogens with zero attached hydrogens (tertiary/aromatic N) is 4. The van der Waals surface area contributed by atoms with Gasteiger partial charge in [-0.3, -0.25) is 9.78 Å². The summed E-state index contributed by atoms with van der Waals surface area (Å²) in [5, 5.41) is 2.79. The summed E-state index contributed by atoms with van der Waals surface area (Å²) in [6.07, 6.45) is 3.06. The molecule has 0 saturated carbocycles. The van der Waals surface area contributed by atoms with Crippen molar-refractivity contribution in [3.8, 4) is 11.4 Å². The Kier molecular flexibility index (Phi) is 2.34. The van der Waals surface area contributed by atoms with E-state index < -0.39 is 0 Å². The molecule has 0 aliphatic carbocycles. The molecule has 3 heterocycles. The number of hydrogen-bond donors (Lipinski definition) is 1. The summed E-state index contributed by atoms with van der Waals surface area (Å²) in [5.74, 6) is 0. The maximum absolute atomic E-state index is 12.0. The molecule has 0 radical (unpaired) electrons. The lowest BCUT2D eigenvalue weighted by atomic mass is 10.2. The highest BCUT2D eigenvalue weighted by molar-refractivity contribution is 7.13. The van der Waals surface area contributed by atoms with E-state index in [1.54, 1.807) is 24.7 Å². The number of pyridine rings is 1. The van der Waals surface area contributed by atoms with Crippen LogP contribution in [0.1, 0.15) is 0 Å². The molecule has 0 spiro atoms. The van der Waals surface area contributed by atoms with Crippen LogP contribution in [0.2, 0.25) is 0 Å². The first-order valence-corrected chi connectivity index (χ1v) is 6.06. The molecule has 3 aromatic heterocycles. The molecule has 0 saturated heterocycles. The molecule has 18 heavy (non-hydrogen) atoms. The van der Waals surface area contributed by atoms with Crippen LogP contribution in [-0.4, -0.2) is 19.5 Å². The Bertz CT molecular complexity index is 791. The van der Waals surface area contributed by atoms with Crippen LogP contribution in [0.3, 0.4) is 0 Å². The standard InChI is InChI=1S/C11H9N5OS/c1-16-5-14-8-6(10(16)17)2-3-13-9(8)7-4-18-11(12)15-7/h2-5H,1H3,(H2,12,15). The van der Waals surface area contributed by atoms with E-state index in [1.165, 1.54) is 22.2 Å². The van der Waals surface area contributed by atoms with Gasteiger partial charge in [0.15, 0.2) is 5.13 Å². The van der Waals surface area contributed by atoms with Crippen molar-refractivity contribution in [2.24, 2.45) is 7.05 Å². The van der Waals surface area contributed by atoms with E-state index >= 15 is 0 Å². The molecule has 0 fully saturated rings. The number of aryl methyl sites for hydroxylation is 1. The molecular weight excluding hydrogens is 250 g/mol. The summed E-state index contributed by atoms with van der Waals surface area (Å²) in [7, 11) is 1.66. The van der Waals surface area contributed by atoms with E-state index in [-0.39, 0.29) is 5.56 Å². The molecule has 2 N–H and O–H groups in total. The van der Waals surface area contributed by atoms with Crippen molar-refractivity contribution >= 4 is 27.4 Å². The molecular formula is C11H9N5OS. The Morgan fingerprint density at radius 3 is 2.94 bits per heavy atom. The lowest BCUT2D eigenvalue weighted by molar-refractivity contribution is 0.842. The predicted molar refractivity (Wildman–Crippen MR) is 70.3 cm³/mol. The van der Waals surface area contributed by atoms with Crippen LogP contribution in [0.4, 0.5) is 5.13 Å². The van der Waals surface area contributed by atoms with Gasteiger partial charge in [0.05, 0.1) is 11.7 Å². The summed E-state index contributed by atoms with van der Waals surface area (Å²) in [6, 6.07) is 1.66. The molecule has 0 unspecified atom stereocenters. The number of fused-ring (bicyclic) bond motifs is 1. The molecule has 6 nitrogen and oxygen atoms in total. The first-order chi connectivity index (χ1) is 8.66. The van der Waals surface area contributed by atoms with E-state index in [0.717, 1.165) is 0 Å². The minimum atomic E-state index is -0.105. The van der Waals surface area contributed by atoms with Gasteiger partial charge >= 0.3 is 0 Å². The first-order valence-electron chi connectivity index (χ1n) is 5.18. The van der Waals surface area contributed by atoms with Gasteiger partial charge in [-0.1, -0.05) is 0 Å². The summed E-state index contributed by atoms with van der Waals surface area (Å²) in [5.41, 5.74) is 7.27. The molecule has 0 atom stereocenters. The Hall–Kier alpha value is -2.28. The van der Waals surface area contributed by atoms with Crippen LogP contribution in [-0.2, 0) is 7.05 Å². The van der Waals surface area contributed by atoms with E-state index in [1.807, 2.05) is 0 Å². The van der Waals surface area contributed by atoms with Crippen LogP contribution < -0.4 is 11.3 Å². The monoisotopic (exact) mass is 259 g/mol. The Balaban J connectivity index is 2.38. The minimum absolute atomic E-state index is 0.105. The topological polar surface area (TPSA) is 86.7 Å². The molecule has 3 aromatic rings. The third kappa shape index (κ3) is 1.56. The molecule has 90 valence electrons. The quantitative estimate of drug-likeness (QED) is 0.705. The zero-order valence-corrected chi connectivity index (χ0v) is 10.3. The molecule has 0 aliphatic rings. The number of rotatable bonds is 1. The number of nitrogen functional groups attached to an aromatic ring is 1. The van der Waals surface area contributed by atoms with Gasteiger partial charge in [0, 0.05) is 18.6 Å². The number of aromatic nitrogens is 4. The number of thiazole rings is 1. The molecule has 0 amide bonds. The van der Waals surface area contributed by atoms with E-state index in [0.29, 0.717) is 27.4 Å². The minimum Gasteiger partial charge on any atom is -0.375 e. The fourth-order valence-electron chi connectivity index (χ4n) is 1.73. The molecule has 0 aromatic carbocycles. The predicted octanol–water partition coefficient (Wildman–Crippen LogP) is 1.03. The van der Waals surface area contributed by atoms with Gasteiger partial charge < -0.3 is 10.3 Å². The summed E-state index contributed by atoms with van der Waals surface area (Å²) >= 11 is 1.33. The Labute approximate surface area is 106 Å². The second-order valence-corrected chi connectivity index (χ2v) is 4.68. The van der Waals surface area contributed by atoms with Crippen LogP contribution in [0.25, 0.3) is 22.3 Å². The lowest BCUT2D eigenvalue weighted by Crippen LogP contribution is -2.17. The van der Waals surface area contributed by atoms with Gasteiger partial charge in [-0.2, -0.15) is 0 Å². The Morgan fingerprint density at radius 1 is 1.39 bits per heavy atom. The van der Waals surface area contributed by atoms with E-state index in [4.69, 9.17) is 5.73 Å². The van der Waals surface area contributed by atoms with Crippen molar-refractivity contribution in [1.82, 2.24) is 19.5 Å². The third-order valence-corrected chi connectivity index (χ3v) is 3.27. The van der Waals surface area contributed by atoms with Crippen LogP contribution in [0.5, 0.6) is 0 Å². The van der Waals surface area contributed by atoms with E-state index in [2.05, 4.69) is 15.0 Å². The van der Waals surface area contributed by atoms with Crippen LogP contribution >= 0.6 is 11.3 Å². The normalized spacial score (nSPS) is 10.9. The van der Waals surface area contributed by atoms with Gasteiger partial charge in [0.2, 0.25) is 0 Å². The molecule has 7 heteroatoms. The Morgan fingerprint density at radius 2 is 2.22 bits per heavy atom. The van der Waals surface area contributed by atoms with Gasteiger partial charge in [-0.25, -0.2) is 9.97 Å². The van der Waals surface area contributed by atoms with Crippen molar-refractivity contribution in [1.29, 1.82) is 0 Å². The average molecular weight is 259 g/mol. The molecule has 3 rings (SSSR count). The highest BCUT2D eigenvalue weighted by Crippen LogP contribution is 2.25. The highest BCUT2D eigenvalue weighted by atomic mass is 32.1. The van der Waals surface area contributed by atoms with Gasteiger partial charge in [-0.05, 0) is 6.07 Å². The van der Waals surface area contributed by atoms with Crippen molar-refractivity contribution < 1.29 is 0 Å². The van der Waals surface area contributed by atoms with Gasteiger partial charge in [-0.15, -0.1) is 11.3 Å². The van der Waals surface area contributed by atoms with Gasteiger partial charge in [0.25, 0.3) is 5.56 Å². The zero-order valence-electron chi connectivity index (χ0n) is 9.49. The summed E-state index contributed by atoms with van der Waals surface area (Å²) in [6.45, 7) is 0. The maximum Gasteiger partial charge on any atom is 0.261 e. The van der Waals surface area contributed by atoms with E-state index in [9.17, 15) is 4.79 Å². The fraction of sp³-hybridized carbons (Fsp3) is 0.0909. The van der Waals surface area contributed by atoms with Gasteiger partial charge in [0.1, 0.15) is 16.9 Å². The second-order valence-electron chi connectivity index (χ2n) is 3.79.